The Balaban J connectivity index is 1.82. The number of halogens is 1. The highest BCUT2D eigenvalue weighted by Gasteiger charge is 2.19. The zero-order valence-corrected chi connectivity index (χ0v) is 13.7. The maximum atomic E-state index is 13.1. The van der Waals surface area contributed by atoms with E-state index >= 15 is 0 Å². The van der Waals surface area contributed by atoms with Gasteiger partial charge >= 0.3 is 5.97 Å². The van der Waals surface area contributed by atoms with E-state index in [9.17, 15) is 14.0 Å². The van der Waals surface area contributed by atoms with Crippen molar-refractivity contribution in [1.29, 1.82) is 0 Å². The number of carbonyl (C=O) groups is 2. The van der Waals surface area contributed by atoms with E-state index in [1.807, 2.05) is 0 Å². The second-order valence-electron chi connectivity index (χ2n) is 5.68. The number of aliphatic carboxylic acids is 1. The SMILES string of the molecule is O=C(O)C[C@H](NC(=O)c1cccc(-n2cccn2)c1)c1ccc(F)cc1. The Morgan fingerprint density at radius 2 is 1.92 bits per heavy atom. The minimum absolute atomic E-state index is 0.309. The summed E-state index contributed by atoms with van der Waals surface area (Å²) in [6.45, 7) is 0. The Morgan fingerprint density at radius 1 is 1.15 bits per heavy atom. The van der Waals surface area contributed by atoms with E-state index < -0.39 is 23.7 Å². The minimum atomic E-state index is -1.06. The smallest absolute Gasteiger partial charge is 0.305 e. The topological polar surface area (TPSA) is 84.2 Å². The fourth-order valence-corrected chi connectivity index (χ4v) is 2.57. The van der Waals surface area contributed by atoms with Gasteiger partial charge in [0, 0.05) is 18.0 Å². The van der Waals surface area contributed by atoms with Crippen LogP contribution in [-0.2, 0) is 4.79 Å². The molecule has 0 unspecified atom stereocenters. The summed E-state index contributed by atoms with van der Waals surface area (Å²) in [5.74, 6) is -1.92. The van der Waals surface area contributed by atoms with Crippen LogP contribution in [-0.4, -0.2) is 26.8 Å². The van der Waals surface area contributed by atoms with Gasteiger partial charge in [-0.1, -0.05) is 18.2 Å². The molecule has 0 spiro atoms. The Hall–Kier alpha value is -3.48. The van der Waals surface area contributed by atoms with Gasteiger partial charge in [-0.05, 0) is 42.0 Å². The van der Waals surface area contributed by atoms with Crippen LogP contribution in [0.15, 0.2) is 67.0 Å². The molecule has 0 aliphatic carbocycles. The Kier molecular flexibility index (Phi) is 5.07. The molecule has 0 saturated carbocycles. The van der Waals surface area contributed by atoms with Crippen LogP contribution < -0.4 is 5.32 Å². The molecule has 132 valence electrons. The van der Waals surface area contributed by atoms with Gasteiger partial charge in [-0.3, -0.25) is 9.59 Å². The third-order valence-corrected chi connectivity index (χ3v) is 3.83. The van der Waals surface area contributed by atoms with E-state index in [-0.39, 0.29) is 6.42 Å². The van der Waals surface area contributed by atoms with Gasteiger partial charge < -0.3 is 10.4 Å². The molecule has 7 heteroatoms. The number of carboxylic acid groups (broad SMARTS) is 1. The highest BCUT2D eigenvalue weighted by atomic mass is 19.1. The lowest BCUT2D eigenvalue weighted by atomic mass is 10.0. The summed E-state index contributed by atoms with van der Waals surface area (Å²) in [6.07, 6.45) is 3.07. The van der Waals surface area contributed by atoms with Crippen LogP contribution in [0.1, 0.15) is 28.4 Å². The van der Waals surface area contributed by atoms with Crippen molar-refractivity contribution in [3.8, 4) is 5.69 Å². The molecule has 1 heterocycles. The van der Waals surface area contributed by atoms with E-state index in [4.69, 9.17) is 5.11 Å². The fraction of sp³-hybridized carbons (Fsp3) is 0.105. The van der Waals surface area contributed by atoms with Gasteiger partial charge in [0.05, 0.1) is 18.2 Å². The first kappa shape index (κ1) is 17.3. The van der Waals surface area contributed by atoms with Crippen molar-refractivity contribution in [3.05, 3.63) is 83.9 Å². The summed E-state index contributed by atoms with van der Waals surface area (Å²) < 4.78 is 14.7. The Morgan fingerprint density at radius 3 is 2.58 bits per heavy atom. The number of rotatable bonds is 6. The lowest BCUT2D eigenvalue weighted by Crippen LogP contribution is -2.30. The number of carboxylic acids is 1. The first-order valence-electron chi connectivity index (χ1n) is 7.91. The summed E-state index contributed by atoms with van der Waals surface area (Å²) in [6, 6.07) is 13.2. The van der Waals surface area contributed by atoms with Crippen molar-refractivity contribution in [2.24, 2.45) is 0 Å². The van der Waals surface area contributed by atoms with E-state index in [2.05, 4.69) is 10.4 Å². The summed E-state index contributed by atoms with van der Waals surface area (Å²) in [5.41, 5.74) is 1.60. The van der Waals surface area contributed by atoms with Crippen molar-refractivity contribution >= 4 is 11.9 Å². The standard InChI is InChI=1S/C19H16FN3O3/c20-15-7-5-13(6-8-15)17(12-18(24)25)22-19(26)14-3-1-4-16(11-14)23-10-2-9-21-23/h1-11,17H,12H2,(H,22,26)(H,24,25)/t17-/m0/s1. The van der Waals surface area contributed by atoms with Crippen LogP contribution >= 0.6 is 0 Å². The molecule has 3 aromatic rings. The number of benzene rings is 2. The molecule has 2 N–H and O–H groups in total. The van der Waals surface area contributed by atoms with Gasteiger partial charge in [-0.2, -0.15) is 5.10 Å². The van der Waals surface area contributed by atoms with E-state index in [1.54, 1.807) is 47.4 Å². The molecule has 0 bridgehead atoms. The van der Waals surface area contributed by atoms with E-state index in [0.29, 0.717) is 16.8 Å². The summed E-state index contributed by atoms with van der Waals surface area (Å²) in [4.78, 5) is 23.7. The molecule has 26 heavy (non-hydrogen) atoms. The van der Waals surface area contributed by atoms with Gasteiger partial charge in [0.15, 0.2) is 0 Å². The average Bonchev–Trinajstić information content (AvgIpc) is 3.16. The molecule has 0 aliphatic heterocycles. The Labute approximate surface area is 148 Å². The number of nitrogens with zero attached hydrogens (tertiary/aromatic N) is 2. The molecule has 1 atom stereocenters. The molecule has 3 rings (SSSR count). The number of nitrogens with one attached hydrogen (secondary N) is 1. The van der Waals surface area contributed by atoms with Crippen molar-refractivity contribution in [1.82, 2.24) is 15.1 Å². The van der Waals surface area contributed by atoms with Crippen molar-refractivity contribution in [2.45, 2.75) is 12.5 Å². The summed E-state index contributed by atoms with van der Waals surface area (Å²) in [7, 11) is 0. The quantitative estimate of drug-likeness (QED) is 0.714. The average molecular weight is 353 g/mol. The molecule has 6 nitrogen and oxygen atoms in total. The molecule has 1 aromatic heterocycles. The van der Waals surface area contributed by atoms with Crippen molar-refractivity contribution in [2.75, 3.05) is 0 Å². The number of hydrogen-bond acceptors (Lipinski definition) is 3. The van der Waals surface area contributed by atoms with Gasteiger partial charge in [-0.15, -0.1) is 0 Å². The summed E-state index contributed by atoms with van der Waals surface area (Å²) >= 11 is 0. The van der Waals surface area contributed by atoms with Crippen LogP contribution in [0, 0.1) is 5.82 Å². The number of amides is 1. The molecule has 0 fully saturated rings. The van der Waals surface area contributed by atoms with E-state index in [0.717, 1.165) is 0 Å². The van der Waals surface area contributed by atoms with Crippen molar-refractivity contribution < 1.29 is 19.1 Å². The number of aromatic nitrogens is 2. The Bertz CT molecular complexity index is 908. The minimum Gasteiger partial charge on any atom is -0.481 e. The monoisotopic (exact) mass is 353 g/mol. The van der Waals surface area contributed by atoms with E-state index in [1.165, 1.54) is 24.3 Å². The van der Waals surface area contributed by atoms with Gasteiger partial charge in [0.1, 0.15) is 5.82 Å². The van der Waals surface area contributed by atoms with Crippen LogP contribution in [0.4, 0.5) is 4.39 Å². The van der Waals surface area contributed by atoms with Gasteiger partial charge in [-0.25, -0.2) is 9.07 Å². The lowest BCUT2D eigenvalue weighted by Gasteiger charge is -2.18. The summed E-state index contributed by atoms with van der Waals surface area (Å²) in [5, 5.41) is 15.9. The highest BCUT2D eigenvalue weighted by molar-refractivity contribution is 5.95. The van der Waals surface area contributed by atoms with Crippen LogP contribution in [0.3, 0.4) is 0 Å². The molecule has 0 aliphatic rings. The fourth-order valence-electron chi connectivity index (χ4n) is 2.57. The number of carbonyl (C=O) groups excluding carboxylic acids is 1. The van der Waals surface area contributed by atoms with Crippen molar-refractivity contribution in [3.63, 3.8) is 0 Å². The zero-order chi connectivity index (χ0) is 18.5. The largest absolute Gasteiger partial charge is 0.481 e. The maximum Gasteiger partial charge on any atom is 0.305 e. The lowest BCUT2D eigenvalue weighted by molar-refractivity contribution is -0.137. The second kappa shape index (κ2) is 7.60. The zero-order valence-electron chi connectivity index (χ0n) is 13.7. The third-order valence-electron chi connectivity index (χ3n) is 3.83. The first-order chi connectivity index (χ1) is 12.5. The highest BCUT2D eigenvalue weighted by Crippen LogP contribution is 2.19. The first-order valence-corrected chi connectivity index (χ1v) is 7.91. The van der Waals surface area contributed by atoms with Gasteiger partial charge in [0.25, 0.3) is 5.91 Å². The maximum absolute atomic E-state index is 13.1. The third kappa shape index (κ3) is 4.13. The molecular formula is C19H16FN3O3. The molecule has 2 aromatic carbocycles. The number of hydrogen-bond donors (Lipinski definition) is 2. The predicted octanol–water partition coefficient (Wildman–Crippen LogP) is 2.96. The normalized spacial score (nSPS) is 11.7. The predicted molar refractivity (Wildman–Crippen MR) is 92.4 cm³/mol. The van der Waals surface area contributed by atoms with Crippen LogP contribution in [0.2, 0.25) is 0 Å². The second-order valence-corrected chi connectivity index (χ2v) is 5.68. The molecule has 1 amide bonds. The van der Waals surface area contributed by atoms with Gasteiger partial charge in [0.2, 0.25) is 0 Å². The molecule has 0 saturated heterocycles. The molecular weight excluding hydrogens is 337 g/mol. The van der Waals surface area contributed by atoms with Crippen LogP contribution in [0.5, 0.6) is 0 Å². The van der Waals surface area contributed by atoms with Crippen LogP contribution in [0.25, 0.3) is 5.69 Å². The molecule has 0 radical (unpaired) electrons.